The normalized spacial score (nSPS) is 19.2. The quantitative estimate of drug-likeness (QED) is 0.404. The Morgan fingerprint density at radius 3 is 2.32 bits per heavy atom. The molecular formula is C32H41N3O3. The van der Waals surface area contributed by atoms with Gasteiger partial charge in [-0.3, -0.25) is 14.6 Å². The molecule has 1 heterocycles. The van der Waals surface area contributed by atoms with Crippen LogP contribution in [0.3, 0.4) is 0 Å². The van der Waals surface area contributed by atoms with Crippen molar-refractivity contribution >= 4 is 5.91 Å². The second-order valence-corrected chi connectivity index (χ2v) is 10.3. The number of piperazine rings is 1. The minimum atomic E-state index is -0.0186. The van der Waals surface area contributed by atoms with Gasteiger partial charge in [-0.05, 0) is 80.8 Å². The number of rotatable bonds is 9. The first-order chi connectivity index (χ1) is 18.3. The average molecular weight is 516 g/mol. The summed E-state index contributed by atoms with van der Waals surface area (Å²) in [5, 5.41) is 9.93. The van der Waals surface area contributed by atoms with E-state index in [2.05, 4.69) is 54.0 Å². The summed E-state index contributed by atoms with van der Waals surface area (Å²) in [6, 6.07) is 24.5. The maximum Gasteiger partial charge on any atom is 0.253 e. The van der Waals surface area contributed by atoms with Gasteiger partial charge in [-0.25, -0.2) is 0 Å². The van der Waals surface area contributed by atoms with Gasteiger partial charge in [-0.2, -0.15) is 0 Å². The molecule has 3 aromatic carbocycles. The van der Waals surface area contributed by atoms with Crippen molar-refractivity contribution in [1.29, 1.82) is 0 Å². The molecule has 0 aliphatic carbocycles. The molecule has 0 saturated carbocycles. The molecule has 1 saturated heterocycles. The molecule has 1 N–H and O–H groups in total. The lowest BCUT2D eigenvalue weighted by molar-refractivity contribution is 0.0194. The van der Waals surface area contributed by atoms with E-state index in [1.54, 1.807) is 13.2 Å². The molecule has 1 aliphatic rings. The molecule has 4 rings (SSSR count). The second kappa shape index (κ2) is 12.5. The van der Waals surface area contributed by atoms with E-state index in [1.807, 2.05) is 55.1 Å². The van der Waals surface area contributed by atoms with Gasteiger partial charge >= 0.3 is 0 Å². The SMILES string of the molecule is CCN(CC)C(=O)c1cccc([C@@H](c2cccc(OC)c2)N2C[C@@H](C)N(Cc3cccc(O)c3)C[C@@H]2C)c1. The van der Waals surface area contributed by atoms with Crippen molar-refractivity contribution in [2.24, 2.45) is 0 Å². The molecule has 3 atom stereocenters. The molecule has 1 aliphatic heterocycles. The first-order valence-corrected chi connectivity index (χ1v) is 13.6. The van der Waals surface area contributed by atoms with Crippen molar-refractivity contribution in [3.05, 3.63) is 95.1 Å². The van der Waals surface area contributed by atoms with Crippen molar-refractivity contribution in [3.8, 4) is 11.5 Å². The van der Waals surface area contributed by atoms with Gasteiger partial charge in [-0.1, -0.05) is 36.4 Å². The number of methoxy groups -OCH3 is 1. The number of carbonyl (C=O) groups is 1. The summed E-state index contributed by atoms with van der Waals surface area (Å²) in [6.07, 6.45) is 0. The molecule has 202 valence electrons. The molecule has 0 spiro atoms. The Morgan fingerprint density at radius 1 is 0.947 bits per heavy atom. The van der Waals surface area contributed by atoms with Crippen LogP contribution < -0.4 is 4.74 Å². The summed E-state index contributed by atoms with van der Waals surface area (Å²) < 4.78 is 5.58. The number of hydrogen-bond acceptors (Lipinski definition) is 5. The van der Waals surface area contributed by atoms with Gasteiger partial charge in [0.2, 0.25) is 0 Å². The molecule has 6 nitrogen and oxygen atoms in total. The predicted octanol–water partition coefficient (Wildman–Crippen LogP) is 5.57. The van der Waals surface area contributed by atoms with Gasteiger partial charge in [0.25, 0.3) is 5.91 Å². The Hall–Kier alpha value is -3.35. The highest BCUT2D eigenvalue weighted by Crippen LogP contribution is 2.35. The zero-order valence-electron chi connectivity index (χ0n) is 23.3. The lowest BCUT2D eigenvalue weighted by atomic mass is 9.92. The van der Waals surface area contributed by atoms with E-state index in [4.69, 9.17) is 4.74 Å². The van der Waals surface area contributed by atoms with Gasteiger partial charge in [0.05, 0.1) is 13.2 Å². The highest BCUT2D eigenvalue weighted by molar-refractivity contribution is 5.94. The topological polar surface area (TPSA) is 56.2 Å². The molecule has 38 heavy (non-hydrogen) atoms. The lowest BCUT2D eigenvalue weighted by Gasteiger charge is -2.47. The zero-order chi connectivity index (χ0) is 27.2. The van der Waals surface area contributed by atoms with Gasteiger partial charge in [0.1, 0.15) is 11.5 Å². The third-order valence-electron chi connectivity index (χ3n) is 7.70. The molecule has 0 aromatic heterocycles. The number of phenols is 1. The average Bonchev–Trinajstić information content (AvgIpc) is 2.92. The van der Waals surface area contributed by atoms with E-state index < -0.39 is 0 Å². The highest BCUT2D eigenvalue weighted by atomic mass is 16.5. The van der Waals surface area contributed by atoms with Crippen LogP contribution >= 0.6 is 0 Å². The van der Waals surface area contributed by atoms with Crippen LogP contribution in [0.25, 0.3) is 0 Å². The van der Waals surface area contributed by atoms with Gasteiger partial charge in [0, 0.05) is 50.4 Å². The number of nitrogens with zero attached hydrogens (tertiary/aromatic N) is 3. The first-order valence-electron chi connectivity index (χ1n) is 13.6. The van der Waals surface area contributed by atoms with E-state index in [9.17, 15) is 9.90 Å². The maximum atomic E-state index is 13.2. The molecule has 1 amide bonds. The molecule has 6 heteroatoms. The fourth-order valence-corrected chi connectivity index (χ4v) is 5.62. The van der Waals surface area contributed by atoms with Crippen LogP contribution in [-0.4, -0.2) is 71.1 Å². The maximum absolute atomic E-state index is 13.2. The number of aromatic hydroxyl groups is 1. The molecule has 0 bridgehead atoms. The van der Waals surface area contributed by atoms with Gasteiger partial charge < -0.3 is 14.7 Å². The summed E-state index contributed by atoms with van der Waals surface area (Å²) in [5.74, 6) is 1.20. The number of amides is 1. The van der Waals surface area contributed by atoms with Crippen LogP contribution in [-0.2, 0) is 6.54 Å². The summed E-state index contributed by atoms with van der Waals surface area (Å²) in [6.45, 7) is 12.5. The van der Waals surface area contributed by atoms with E-state index in [0.717, 1.165) is 47.6 Å². The Labute approximate surface area is 227 Å². The van der Waals surface area contributed by atoms with Crippen LogP contribution in [0, 0.1) is 0 Å². The predicted molar refractivity (Wildman–Crippen MR) is 153 cm³/mol. The fraction of sp³-hybridized carbons (Fsp3) is 0.406. The minimum absolute atomic E-state index is 0.0186. The van der Waals surface area contributed by atoms with Crippen molar-refractivity contribution in [3.63, 3.8) is 0 Å². The Bertz CT molecular complexity index is 1230. The van der Waals surface area contributed by atoms with Crippen LogP contribution in [0.4, 0.5) is 0 Å². The lowest BCUT2D eigenvalue weighted by Crippen LogP contribution is -2.56. The third kappa shape index (κ3) is 6.20. The summed E-state index contributed by atoms with van der Waals surface area (Å²) in [5.41, 5.74) is 4.10. The monoisotopic (exact) mass is 515 g/mol. The fourth-order valence-electron chi connectivity index (χ4n) is 5.62. The van der Waals surface area contributed by atoms with Gasteiger partial charge in [-0.15, -0.1) is 0 Å². The molecule has 1 fully saturated rings. The minimum Gasteiger partial charge on any atom is -0.508 e. The Morgan fingerprint density at radius 2 is 1.63 bits per heavy atom. The van der Waals surface area contributed by atoms with E-state index in [1.165, 1.54) is 0 Å². The summed E-state index contributed by atoms with van der Waals surface area (Å²) >= 11 is 0. The van der Waals surface area contributed by atoms with Gasteiger partial charge in [0.15, 0.2) is 0 Å². The second-order valence-electron chi connectivity index (χ2n) is 10.3. The van der Waals surface area contributed by atoms with Crippen molar-refractivity contribution < 1.29 is 14.6 Å². The van der Waals surface area contributed by atoms with Crippen LogP contribution in [0.15, 0.2) is 72.8 Å². The smallest absolute Gasteiger partial charge is 0.253 e. The summed E-state index contributed by atoms with van der Waals surface area (Å²) in [7, 11) is 1.70. The van der Waals surface area contributed by atoms with Crippen molar-refractivity contribution in [1.82, 2.24) is 14.7 Å². The molecule has 3 aromatic rings. The molecule has 0 unspecified atom stereocenters. The van der Waals surface area contributed by atoms with E-state index in [-0.39, 0.29) is 18.0 Å². The van der Waals surface area contributed by atoms with Crippen LogP contribution in [0.1, 0.15) is 60.8 Å². The van der Waals surface area contributed by atoms with Crippen LogP contribution in [0.2, 0.25) is 0 Å². The van der Waals surface area contributed by atoms with E-state index in [0.29, 0.717) is 24.9 Å². The Kier molecular flexibility index (Phi) is 9.08. The number of ether oxygens (including phenoxy) is 1. The molecular weight excluding hydrogens is 474 g/mol. The standard InChI is InChI=1S/C32H41N3O3/c1-6-33(7-2)32(37)28-14-9-12-26(18-28)31(27-13-10-16-30(19-27)38-5)35-21-23(3)34(20-24(35)4)22-25-11-8-15-29(36)17-25/h8-19,23-24,31,36H,6-7,20-22H2,1-5H3/t23-,24+,31+/m1/s1. The first kappa shape index (κ1) is 27.7. The van der Waals surface area contributed by atoms with Crippen molar-refractivity contribution in [2.75, 3.05) is 33.3 Å². The Balaban J connectivity index is 1.67. The van der Waals surface area contributed by atoms with Crippen molar-refractivity contribution in [2.45, 2.75) is 52.4 Å². The number of hydrogen-bond donors (Lipinski definition) is 1. The zero-order valence-corrected chi connectivity index (χ0v) is 23.3. The molecule has 0 radical (unpaired) electrons. The number of benzene rings is 3. The third-order valence-corrected chi connectivity index (χ3v) is 7.70. The number of phenolic OH excluding ortho intramolecular Hbond substituents is 1. The largest absolute Gasteiger partial charge is 0.508 e. The number of carbonyl (C=O) groups excluding carboxylic acids is 1. The van der Waals surface area contributed by atoms with Crippen LogP contribution in [0.5, 0.6) is 11.5 Å². The highest BCUT2D eigenvalue weighted by Gasteiger charge is 2.35. The van der Waals surface area contributed by atoms with E-state index >= 15 is 0 Å². The summed E-state index contributed by atoms with van der Waals surface area (Å²) in [4.78, 5) is 20.1.